The molecule has 0 bridgehead atoms. The van der Waals surface area contributed by atoms with Gasteiger partial charge in [-0.15, -0.1) is 11.3 Å². The Kier molecular flexibility index (Phi) is 2.82. The molecule has 92 valence electrons. The zero-order chi connectivity index (χ0) is 12.6. The van der Waals surface area contributed by atoms with Crippen LogP contribution in [0.1, 0.15) is 23.5 Å². The molecule has 0 saturated carbocycles. The first-order valence-electron chi connectivity index (χ1n) is 5.30. The fraction of sp³-hybridized carbons (Fsp3) is 0.455. The minimum atomic E-state index is -0.930. The van der Waals surface area contributed by atoms with Gasteiger partial charge in [0.25, 0.3) is 0 Å². The zero-order valence-electron chi connectivity index (χ0n) is 9.69. The van der Waals surface area contributed by atoms with Gasteiger partial charge < -0.3 is 15.3 Å². The first-order chi connectivity index (χ1) is 7.93. The van der Waals surface area contributed by atoms with Crippen LogP contribution >= 0.6 is 11.3 Å². The third-order valence-electron chi connectivity index (χ3n) is 2.96. The number of piperazine rings is 1. The lowest BCUT2D eigenvalue weighted by Crippen LogP contribution is -2.62. The molecular formula is C11H14N2O3S. The van der Waals surface area contributed by atoms with Crippen molar-refractivity contribution in [2.45, 2.75) is 19.4 Å². The zero-order valence-corrected chi connectivity index (χ0v) is 10.5. The van der Waals surface area contributed by atoms with Gasteiger partial charge >= 0.3 is 5.97 Å². The van der Waals surface area contributed by atoms with Crippen LogP contribution in [0.2, 0.25) is 0 Å². The average molecular weight is 254 g/mol. The van der Waals surface area contributed by atoms with Crippen LogP contribution in [-0.4, -0.2) is 35.6 Å². The predicted molar refractivity (Wildman–Crippen MR) is 65.7 cm³/mol. The van der Waals surface area contributed by atoms with Crippen molar-refractivity contribution in [2.24, 2.45) is 0 Å². The van der Waals surface area contributed by atoms with Crippen molar-refractivity contribution >= 4 is 28.9 Å². The van der Waals surface area contributed by atoms with Gasteiger partial charge in [0.15, 0.2) is 0 Å². The van der Waals surface area contributed by atoms with Crippen molar-refractivity contribution in [3.05, 3.63) is 16.3 Å². The van der Waals surface area contributed by atoms with Crippen molar-refractivity contribution in [2.75, 3.05) is 18.0 Å². The Morgan fingerprint density at radius 2 is 2.29 bits per heavy atom. The number of carbonyl (C=O) groups excluding carboxylic acids is 1. The van der Waals surface area contributed by atoms with E-state index in [9.17, 15) is 9.59 Å². The number of anilines is 1. The maximum absolute atomic E-state index is 11.8. The van der Waals surface area contributed by atoms with Crippen LogP contribution in [0.15, 0.2) is 11.4 Å². The summed E-state index contributed by atoms with van der Waals surface area (Å²) in [7, 11) is 0. The molecule has 17 heavy (non-hydrogen) atoms. The van der Waals surface area contributed by atoms with Crippen molar-refractivity contribution in [3.63, 3.8) is 0 Å². The Balaban J connectivity index is 2.31. The monoisotopic (exact) mass is 254 g/mol. The molecule has 2 heterocycles. The first-order valence-corrected chi connectivity index (χ1v) is 6.18. The number of carbonyl (C=O) groups is 2. The molecule has 1 amide bonds. The first kappa shape index (κ1) is 11.9. The molecule has 5 nitrogen and oxygen atoms in total. The number of aromatic carboxylic acids is 1. The number of rotatable bonds is 2. The van der Waals surface area contributed by atoms with Crippen molar-refractivity contribution < 1.29 is 14.7 Å². The molecule has 0 atom stereocenters. The van der Waals surface area contributed by atoms with E-state index in [4.69, 9.17) is 5.11 Å². The fourth-order valence-corrected chi connectivity index (χ4v) is 2.66. The van der Waals surface area contributed by atoms with E-state index in [1.54, 1.807) is 11.4 Å². The molecule has 1 fully saturated rings. The van der Waals surface area contributed by atoms with Crippen LogP contribution in [-0.2, 0) is 4.79 Å². The largest absolute Gasteiger partial charge is 0.477 e. The number of hydrogen-bond donors (Lipinski definition) is 2. The summed E-state index contributed by atoms with van der Waals surface area (Å²) in [5.41, 5.74) is 0.155. The summed E-state index contributed by atoms with van der Waals surface area (Å²) in [4.78, 5) is 24.8. The van der Waals surface area contributed by atoms with E-state index >= 15 is 0 Å². The third kappa shape index (κ3) is 2.00. The van der Waals surface area contributed by atoms with Crippen molar-refractivity contribution in [3.8, 4) is 0 Å². The molecule has 2 rings (SSSR count). The number of nitrogens with one attached hydrogen (secondary N) is 1. The molecule has 6 heteroatoms. The van der Waals surface area contributed by atoms with Crippen LogP contribution in [0.3, 0.4) is 0 Å². The number of carboxylic acids is 1. The summed E-state index contributed by atoms with van der Waals surface area (Å²) in [6.45, 7) is 4.94. The number of thiophene rings is 1. The van der Waals surface area contributed by atoms with Gasteiger partial charge in [0, 0.05) is 24.2 Å². The second-order valence-electron chi connectivity index (χ2n) is 4.44. The van der Waals surface area contributed by atoms with E-state index in [0.29, 0.717) is 18.0 Å². The molecule has 0 radical (unpaired) electrons. The highest BCUT2D eigenvalue weighted by atomic mass is 32.1. The Hall–Kier alpha value is -1.56. The Bertz CT molecular complexity index is 467. The highest BCUT2D eigenvalue weighted by Crippen LogP contribution is 2.30. The molecule has 1 aliphatic heterocycles. The average Bonchev–Trinajstić information content (AvgIpc) is 2.71. The molecule has 1 aromatic rings. The number of carboxylic acid groups (broad SMARTS) is 1. The SMILES string of the molecule is CC1(C)C(=O)NCCN1c1csc(C(=O)O)c1. The standard InChI is InChI=1S/C11H14N2O3S/c1-11(2)10(16)12-3-4-13(11)7-5-8(9(14)15)17-6-7/h5-6H,3-4H2,1-2H3,(H,12,16)(H,14,15). The minimum absolute atomic E-state index is 0.0353. The molecular weight excluding hydrogens is 240 g/mol. The van der Waals surface area contributed by atoms with Gasteiger partial charge in [0.05, 0.1) is 0 Å². The Labute approximate surface area is 103 Å². The molecule has 1 aromatic heterocycles. The molecule has 2 N–H and O–H groups in total. The van der Waals surface area contributed by atoms with Crippen molar-refractivity contribution in [1.29, 1.82) is 0 Å². The molecule has 1 saturated heterocycles. The summed E-state index contributed by atoms with van der Waals surface area (Å²) < 4.78 is 0. The number of amides is 1. The predicted octanol–water partition coefficient (Wildman–Crippen LogP) is 1.16. The van der Waals surface area contributed by atoms with E-state index < -0.39 is 11.5 Å². The van der Waals surface area contributed by atoms with Crippen LogP contribution in [0.5, 0.6) is 0 Å². The quantitative estimate of drug-likeness (QED) is 0.831. The Morgan fingerprint density at radius 1 is 1.59 bits per heavy atom. The van der Waals surface area contributed by atoms with Crippen LogP contribution in [0, 0.1) is 0 Å². The van der Waals surface area contributed by atoms with Gasteiger partial charge in [0.2, 0.25) is 5.91 Å². The van der Waals surface area contributed by atoms with Gasteiger partial charge in [-0.3, -0.25) is 4.79 Å². The fourth-order valence-electron chi connectivity index (χ4n) is 1.93. The molecule has 1 aliphatic rings. The molecule has 0 aromatic carbocycles. The summed E-state index contributed by atoms with van der Waals surface area (Å²) in [6, 6.07) is 1.62. The normalized spacial score (nSPS) is 18.9. The number of hydrogen-bond acceptors (Lipinski definition) is 4. The van der Waals surface area contributed by atoms with E-state index in [2.05, 4.69) is 5.32 Å². The second kappa shape index (κ2) is 4.03. The van der Waals surface area contributed by atoms with Crippen molar-refractivity contribution in [1.82, 2.24) is 5.32 Å². The van der Waals surface area contributed by atoms with Gasteiger partial charge in [-0.2, -0.15) is 0 Å². The van der Waals surface area contributed by atoms with E-state index in [1.165, 1.54) is 11.3 Å². The smallest absolute Gasteiger partial charge is 0.345 e. The van der Waals surface area contributed by atoms with Crippen LogP contribution in [0.25, 0.3) is 0 Å². The maximum Gasteiger partial charge on any atom is 0.345 e. The summed E-state index contributed by atoms with van der Waals surface area (Å²) in [6.07, 6.45) is 0. The highest BCUT2D eigenvalue weighted by molar-refractivity contribution is 7.12. The van der Waals surface area contributed by atoms with Crippen LogP contribution in [0.4, 0.5) is 5.69 Å². The Morgan fingerprint density at radius 3 is 2.88 bits per heavy atom. The van der Waals surface area contributed by atoms with E-state index in [1.807, 2.05) is 18.7 Å². The lowest BCUT2D eigenvalue weighted by Gasteiger charge is -2.42. The topological polar surface area (TPSA) is 69.6 Å². The van der Waals surface area contributed by atoms with Gasteiger partial charge in [0.1, 0.15) is 10.4 Å². The molecule has 0 aliphatic carbocycles. The molecule has 0 spiro atoms. The lowest BCUT2D eigenvalue weighted by atomic mass is 9.98. The minimum Gasteiger partial charge on any atom is -0.477 e. The summed E-state index contributed by atoms with van der Waals surface area (Å²) in [5.74, 6) is -0.965. The van der Waals surface area contributed by atoms with E-state index in [0.717, 1.165) is 5.69 Å². The summed E-state index contributed by atoms with van der Waals surface area (Å²) >= 11 is 1.18. The third-order valence-corrected chi connectivity index (χ3v) is 3.87. The van der Waals surface area contributed by atoms with Gasteiger partial charge in [-0.1, -0.05) is 0 Å². The second-order valence-corrected chi connectivity index (χ2v) is 5.35. The van der Waals surface area contributed by atoms with Crippen LogP contribution < -0.4 is 10.2 Å². The van der Waals surface area contributed by atoms with Gasteiger partial charge in [-0.25, -0.2) is 4.79 Å². The molecule has 0 unspecified atom stereocenters. The van der Waals surface area contributed by atoms with E-state index in [-0.39, 0.29) is 5.91 Å². The lowest BCUT2D eigenvalue weighted by molar-refractivity contribution is -0.126. The highest BCUT2D eigenvalue weighted by Gasteiger charge is 2.38. The summed E-state index contributed by atoms with van der Waals surface area (Å²) in [5, 5.41) is 13.5. The maximum atomic E-state index is 11.8. The number of nitrogens with zero attached hydrogens (tertiary/aromatic N) is 1. The van der Waals surface area contributed by atoms with Gasteiger partial charge in [-0.05, 0) is 19.9 Å².